The fourth-order valence-corrected chi connectivity index (χ4v) is 3.53. The highest BCUT2D eigenvalue weighted by Gasteiger charge is 2.13. The highest BCUT2D eigenvalue weighted by atomic mass is 32.1. The van der Waals surface area contributed by atoms with Crippen LogP contribution in [0.4, 0.5) is 0 Å². The third-order valence-electron chi connectivity index (χ3n) is 3.94. The van der Waals surface area contributed by atoms with Gasteiger partial charge in [0.05, 0.1) is 21.6 Å². The molecule has 3 aromatic rings. The van der Waals surface area contributed by atoms with Gasteiger partial charge in [0.15, 0.2) is 6.61 Å². The Labute approximate surface area is 150 Å². The zero-order chi connectivity index (χ0) is 17.8. The number of Topliss-reactive ketones (excluding diaryl/α,β-unsaturated/α-hetero) is 1. The summed E-state index contributed by atoms with van der Waals surface area (Å²) >= 11 is 1.58. The van der Waals surface area contributed by atoms with Crippen molar-refractivity contribution >= 4 is 33.3 Å². The van der Waals surface area contributed by atoms with Gasteiger partial charge in [0.25, 0.3) is 0 Å². The SMILES string of the molecule is Cc1ccc(C)c(C(=O)COC(=O)CCc2nc3ccccc3s2)c1. The van der Waals surface area contributed by atoms with E-state index in [4.69, 9.17) is 4.74 Å². The summed E-state index contributed by atoms with van der Waals surface area (Å²) in [5.74, 6) is -0.549. The number of carbonyl (C=O) groups excluding carboxylic acids is 2. The van der Waals surface area contributed by atoms with Crippen molar-refractivity contribution in [2.45, 2.75) is 26.7 Å². The van der Waals surface area contributed by atoms with Crippen LogP contribution in [0.3, 0.4) is 0 Å². The number of para-hydroxylation sites is 1. The zero-order valence-corrected chi connectivity index (χ0v) is 15.1. The molecular weight excluding hydrogens is 334 g/mol. The molecule has 25 heavy (non-hydrogen) atoms. The van der Waals surface area contributed by atoms with E-state index in [0.29, 0.717) is 12.0 Å². The number of thiazole rings is 1. The van der Waals surface area contributed by atoms with Gasteiger partial charge in [-0.25, -0.2) is 4.98 Å². The standard InChI is InChI=1S/C20H19NO3S/c1-13-7-8-14(2)15(11-13)17(22)12-24-20(23)10-9-19-21-16-5-3-4-6-18(16)25-19/h3-8,11H,9-10,12H2,1-2H3. The average molecular weight is 353 g/mol. The van der Waals surface area contributed by atoms with E-state index in [1.54, 1.807) is 11.3 Å². The molecule has 0 aliphatic rings. The van der Waals surface area contributed by atoms with Gasteiger partial charge in [-0.1, -0.05) is 29.8 Å². The Morgan fingerprint density at radius 1 is 1.12 bits per heavy atom. The quantitative estimate of drug-likeness (QED) is 0.490. The highest BCUT2D eigenvalue weighted by molar-refractivity contribution is 7.18. The fourth-order valence-electron chi connectivity index (χ4n) is 2.57. The Kier molecular flexibility index (Phi) is 5.24. The fraction of sp³-hybridized carbons (Fsp3) is 0.250. The minimum absolute atomic E-state index is 0.172. The smallest absolute Gasteiger partial charge is 0.306 e. The summed E-state index contributed by atoms with van der Waals surface area (Å²) in [5.41, 5.74) is 3.46. The summed E-state index contributed by atoms with van der Waals surface area (Å²) in [5, 5.41) is 0.902. The molecule has 0 aliphatic carbocycles. The second-order valence-electron chi connectivity index (χ2n) is 5.98. The van der Waals surface area contributed by atoms with E-state index in [0.717, 1.165) is 26.4 Å². The molecule has 0 saturated heterocycles. The summed E-state index contributed by atoms with van der Waals surface area (Å²) < 4.78 is 6.24. The molecule has 5 heteroatoms. The first-order valence-corrected chi connectivity index (χ1v) is 8.95. The van der Waals surface area contributed by atoms with Crippen molar-refractivity contribution in [3.8, 4) is 0 Å². The van der Waals surface area contributed by atoms with Crippen molar-refractivity contribution in [1.82, 2.24) is 4.98 Å². The largest absolute Gasteiger partial charge is 0.457 e. The number of aromatic nitrogens is 1. The maximum absolute atomic E-state index is 12.2. The number of rotatable bonds is 6. The molecule has 1 aromatic heterocycles. The molecule has 0 atom stereocenters. The van der Waals surface area contributed by atoms with E-state index in [1.807, 2.05) is 56.3 Å². The molecule has 0 bridgehead atoms. The minimum Gasteiger partial charge on any atom is -0.457 e. The van der Waals surface area contributed by atoms with Gasteiger partial charge in [0, 0.05) is 12.0 Å². The van der Waals surface area contributed by atoms with E-state index >= 15 is 0 Å². The average Bonchev–Trinajstić information content (AvgIpc) is 3.03. The molecular formula is C20H19NO3S. The van der Waals surface area contributed by atoms with Gasteiger partial charge in [0.2, 0.25) is 5.78 Å². The van der Waals surface area contributed by atoms with Crippen LogP contribution in [0.1, 0.15) is 32.9 Å². The molecule has 0 fully saturated rings. The first kappa shape index (κ1) is 17.3. The second-order valence-corrected chi connectivity index (χ2v) is 7.09. The molecule has 0 spiro atoms. The van der Waals surface area contributed by atoms with E-state index in [9.17, 15) is 9.59 Å². The zero-order valence-electron chi connectivity index (χ0n) is 14.2. The van der Waals surface area contributed by atoms with Crippen LogP contribution in [0, 0.1) is 13.8 Å². The van der Waals surface area contributed by atoms with Crippen molar-refractivity contribution in [3.05, 3.63) is 64.2 Å². The van der Waals surface area contributed by atoms with Gasteiger partial charge >= 0.3 is 5.97 Å². The van der Waals surface area contributed by atoms with Gasteiger partial charge in [-0.2, -0.15) is 0 Å². The first-order chi connectivity index (χ1) is 12.0. The monoisotopic (exact) mass is 353 g/mol. The predicted molar refractivity (Wildman–Crippen MR) is 99.1 cm³/mol. The van der Waals surface area contributed by atoms with Crippen molar-refractivity contribution in [3.63, 3.8) is 0 Å². The van der Waals surface area contributed by atoms with Crippen LogP contribution in [0.2, 0.25) is 0 Å². The molecule has 4 nitrogen and oxygen atoms in total. The Hall–Kier alpha value is -2.53. The molecule has 0 saturated carbocycles. The molecule has 2 aromatic carbocycles. The van der Waals surface area contributed by atoms with Gasteiger partial charge in [0.1, 0.15) is 0 Å². The Bertz CT molecular complexity index is 897. The van der Waals surface area contributed by atoms with Crippen LogP contribution >= 0.6 is 11.3 Å². The van der Waals surface area contributed by atoms with Gasteiger partial charge < -0.3 is 4.74 Å². The second kappa shape index (κ2) is 7.57. The molecule has 128 valence electrons. The lowest BCUT2D eigenvalue weighted by Gasteiger charge is -2.07. The third kappa shape index (κ3) is 4.31. The van der Waals surface area contributed by atoms with Crippen LogP contribution < -0.4 is 0 Å². The lowest BCUT2D eigenvalue weighted by Crippen LogP contribution is -2.15. The molecule has 0 amide bonds. The number of carbonyl (C=O) groups is 2. The number of benzene rings is 2. The number of fused-ring (bicyclic) bond motifs is 1. The number of ketones is 1. The van der Waals surface area contributed by atoms with Crippen molar-refractivity contribution < 1.29 is 14.3 Å². The van der Waals surface area contributed by atoms with Gasteiger partial charge in [-0.15, -0.1) is 11.3 Å². The van der Waals surface area contributed by atoms with Crippen molar-refractivity contribution in [1.29, 1.82) is 0 Å². The minimum atomic E-state index is -0.377. The predicted octanol–water partition coefficient (Wildman–Crippen LogP) is 4.27. The molecule has 0 unspecified atom stereocenters. The lowest BCUT2D eigenvalue weighted by atomic mass is 10.0. The highest BCUT2D eigenvalue weighted by Crippen LogP contribution is 2.22. The van der Waals surface area contributed by atoms with E-state index in [-0.39, 0.29) is 24.8 Å². The number of hydrogen-bond acceptors (Lipinski definition) is 5. The third-order valence-corrected chi connectivity index (χ3v) is 5.04. The van der Waals surface area contributed by atoms with Crippen LogP contribution in [-0.2, 0) is 16.0 Å². The Balaban J connectivity index is 1.52. The summed E-state index contributed by atoms with van der Waals surface area (Å²) in [6.07, 6.45) is 0.746. The topological polar surface area (TPSA) is 56.3 Å². The Morgan fingerprint density at radius 3 is 2.72 bits per heavy atom. The van der Waals surface area contributed by atoms with E-state index in [2.05, 4.69) is 4.98 Å². The summed E-state index contributed by atoms with van der Waals surface area (Å²) in [7, 11) is 0. The number of nitrogens with zero attached hydrogens (tertiary/aromatic N) is 1. The molecule has 0 aliphatic heterocycles. The molecule has 1 heterocycles. The molecule has 0 radical (unpaired) electrons. The number of esters is 1. The first-order valence-electron chi connectivity index (χ1n) is 8.13. The number of ether oxygens (including phenoxy) is 1. The van der Waals surface area contributed by atoms with Crippen molar-refractivity contribution in [2.24, 2.45) is 0 Å². The van der Waals surface area contributed by atoms with E-state index in [1.165, 1.54) is 0 Å². The summed E-state index contributed by atoms with van der Waals surface area (Å²) in [4.78, 5) is 28.6. The van der Waals surface area contributed by atoms with Crippen molar-refractivity contribution in [2.75, 3.05) is 6.61 Å². The van der Waals surface area contributed by atoms with Gasteiger partial charge in [-0.05, 0) is 37.6 Å². The number of hydrogen-bond donors (Lipinski definition) is 0. The Morgan fingerprint density at radius 2 is 1.92 bits per heavy atom. The normalized spacial score (nSPS) is 10.8. The van der Waals surface area contributed by atoms with Crippen LogP contribution in [0.25, 0.3) is 10.2 Å². The summed E-state index contributed by atoms with van der Waals surface area (Å²) in [6.45, 7) is 3.59. The lowest BCUT2D eigenvalue weighted by molar-refractivity contribution is -0.142. The van der Waals surface area contributed by atoms with Crippen LogP contribution in [-0.4, -0.2) is 23.3 Å². The van der Waals surface area contributed by atoms with Crippen LogP contribution in [0.15, 0.2) is 42.5 Å². The van der Waals surface area contributed by atoms with E-state index < -0.39 is 0 Å². The molecule has 3 rings (SSSR count). The van der Waals surface area contributed by atoms with Crippen LogP contribution in [0.5, 0.6) is 0 Å². The summed E-state index contributed by atoms with van der Waals surface area (Å²) in [6, 6.07) is 13.6. The molecule has 0 N–H and O–H groups in total. The van der Waals surface area contributed by atoms with Gasteiger partial charge in [-0.3, -0.25) is 9.59 Å². The maximum atomic E-state index is 12.2. The number of aryl methyl sites for hydroxylation is 3. The maximum Gasteiger partial charge on any atom is 0.306 e.